The number of ether oxygens (including phenoxy) is 1. The largest absolute Gasteiger partial charge is 0.493 e. The number of nitrogens with one attached hydrogen (secondary N) is 1. The highest BCUT2D eigenvalue weighted by molar-refractivity contribution is 5.75. The van der Waals surface area contributed by atoms with Crippen molar-refractivity contribution in [3.8, 4) is 5.75 Å². The van der Waals surface area contributed by atoms with Gasteiger partial charge in [-0.25, -0.2) is 0 Å². The zero-order valence-electron chi connectivity index (χ0n) is 20.6. The van der Waals surface area contributed by atoms with Crippen molar-refractivity contribution in [2.45, 2.75) is 50.9 Å². The van der Waals surface area contributed by atoms with Crippen molar-refractivity contribution in [1.82, 2.24) is 0 Å². The van der Waals surface area contributed by atoms with Gasteiger partial charge < -0.3 is 20.3 Å². The second kappa shape index (κ2) is 10.8. The van der Waals surface area contributed by atoms with E-state index in [0.717, 1.165) is 11.6 Å². The van der Waals surface area contributed by atoms with E-state index in [4.69, 9.17) is 4.74 Å². The van der Waals surface area contributed by atoms with E-state index in [1.54, 1.807) is 18.2 Å². The van der Waals surface area contributed by atoms with E-state index in [0.29, 0.717) is 41.9 Å². The topological polar surface area (TPSA) is 78.8 Å². The van der Waals surface area contributed by atoms with Crippen LogP contribution in [0, 0.1) is 5.92 Å². The lowest BCUT2D eigenvalue weighted by Gasteiger charge is -2.24. The Kier molecular flexibility index (Phi) is 7.78. The molecule has 4 rings (SSSR count). The maximum atomic E-state index is 13.8. The third kappa shape index (κ3) is 6.25. The van der Waals surface area contributed by atoms with Gasteiger partial charge in [0.05, 0.1) is 18.1 Å². The molecule has 0 bridgehead atoms. The summed E-state index contributed by atoms with van der Waals surface area (Å²) in [6.07, 6.45) is -5.04. The number of aliphatic hydroxyl groups excluding tert-OH is 1. The molecule has 1 aliphatic rings. The highest BCUT2D eigenvalue weighted by Gasteiger charge is 2.45. The number of hydrogen-bond acceptors (Lipinski definition) is 4. The van der Waals surface area contributed by atoms with Crippen molar-refractivity contribution in [3.05, 3.63) is 94.5 Å². The average Bonchev–Trinajstić information content (AvgIpc) is 3.65. The first-order valence-electron chi connectivity index (χ1n) is 12.2. The van der Waals surface area contributed by atoms with Crippen molar-refractivity contribution < 1.29 is 32.9 Å². The summed E-state index contributed by atoms with van der Waals surface area (Å²) in [7, 11) is 0. The molecule has 3 aromatic rings. The van der Waals surface area contributed by atoms with Crippen LogP contribution in [-0.4, -0.2) is 22.8 Å². The number of hydrogen-bond donors (Lipinski definition) is 3. The normalized spacial score (nSPS) is 17.9. The number of halogens is 3. The van der Waals surface area contributed by atoms with Crippen molar-refractivity contribution >= 4 is 11.7 Å². The van der Waals surface area contributed by atoms with Gasteiger partial charge >= 0.3 is 12.1 Å². The number of carboxylic acid groups (broad SMARTS) is 1. The maximum absolute atomic E-state index is 13.8. The van der Waals surface area contributed by atoms with Crippen molar-refractivity contribution in [3.63, 3.8) is 0 Å². The average molecular weight is 514 g/mol. The summed E-state index contributed by atoms with van der Waals surface area (Å²) in [5, 5.41) is 22.9. The molecular formula is C29H30F3NO4. The summed E-state index contributed by atoms with van der Waals surface area (Å²) in [5.41, 5.74) is 1.51. The molecule has 0 amide bonds. The fraction of sp³-hybridized carbons (Fsp3) is 0.345. The molecule has 8 heteroatoms. The minimum atomic E-state index is -4.65. The summed E-state index contributed by atoms with van der Waals surface area (Å²) in [4.78, 5) is 11.3. The molecule has 0 aromatic heterocycles. The summed E-state index contributed by atoms with van der Waals surface area (Å²) in [5.74, 6) is -1.42. The number of aliphatic hydroxyl groups is 1. The lowest BCUT2D eigenvalue weighted by molar-refractivity contribution is -0.139. The highest BCUT2D eigenvalue weighted by Crippen LogP contribution is 2.49. The molecule has 3 atom stereocenters. The SMILES string of the molecule is CC(C)c1c(OCCc2ccccc2)cccc1C(O)Nc1cc([C@H]2C[C@H]2C(=O)O)ccc1C(F)(F)F. The standard InChI is InChI=1S/C29H30F3NO4/c1-17(2)26-20(9-6-10-25(26)37-14-13-18-7-4-3-5-8-18)27(34)33-24-15-19(21-16-22(21)28(35)36)11-12-23(24)29(30,31)32/h3-12,15,17,21-22,27,33-34H,13-14,16H2,1-2H3,(H,35,36)/t21-,22-,27?/m1/s1. The molecule has 0 saturated heterocycles. The van der Waals surface area contributed by atoms with E-state index in [1.807, 2.05) is 44.2 Å². The van der Waals surface area contributed by atoms with Crippen LogP contribution in [0.1, 0.15) is 66.1 Å². The molecule has 1 fully saturated rings. The Labute approximate surface area is 213 Å². The number of benzene rings is 3. The van der Waals surface area contributed by atoms with Crippen LogP contribution in [-0.2, 0) is 17.4 Å². The Bertz CT molecular complexity index is 1240. The summed E-state index contributed by atoms with van der Waals surface area (Å²) in [6, 6.07) is 18.6. The van der Waals surface area contributed by atoms with Gasteiger partial charge in [-0.3, -0.25) is 4.79 Å². The fourth-order valence-corrected chi connectivity index (χ4v) is 4.69. The van der Waals surface area contributed by atoms with Crippen LogP contribution >= 0.6 is 0 Å². The lowest BCUT2D eigenvalue weighted by atomic mass is 9.94. The molecule has 1 saturated carbocycles. The molecule has 5 nitrogen and oxygen atoms in total. The van der Waals surface area contributed by atoms with Crippen LogP contribution in [0.3, 0.4) is 0 Å². The fourth-order valence-electron chi connectivity index (χ4n) is 4.69. The molecule has 0 aliphatic heterocycles. The van der Waals surface area contributed by atoms with E-state index in [9.17, 15) is 28.2 Å². The van der Waals surface area contributed by atoms with Gasteiger partial charge in [-0.05, 0) is 47.6 Å². The summed E-state index contributed by atoms with van der Waals surface area (Å²) < 4.78 is 47.3. The first-order valence-corrected chi connectivity index (χ1v) is 12.2. The molecular weight excluding hydrogens is 483 g/mol. The molecule has 3 N–H and O–H groups in total. The van der Waals surface area contributed by atoms with Gasteiger partial charge in [0, 0.05) is 23.2 Å². The van der Waals surface area contributed by atoms with E-state index in [1.165, 1.54) is 12.1 Å². The molecule has 196 valence electrons. The van der Waals surface area contributed by atoms with E-state index >= 15 is 0 Å². The maximum Gasteiger partial charge on any atom is 0.418 e. The van der Waals surface area contributed by atoms with Crippen molar-refractivity contribution in [2.24, 2.45) is 5.92 Å². The Morgan fingerprint density at radius 3 is 2.43 bits per heavy atom. The van der Waals surface area contributed by atoms with Gasteiger partial charge in [0.25, 0.3) is 0 Å². The van der Waals surface area contributed by atoms with Crippen LogP contribution in [0.2, 0.25) is 0 Å². The third-order valence-corrected chi connectivity index (χ3v) is 6.64. The second-order valence-corrected chi connectivity index (χ2v) is 9.63. The van der Waals surface area contributed by atoms with Gasteiger partial charge in [0.2, 0.25) is 0 Å². The second-order valence-electron chi connectivity index (χ2n) is 9.63. The number of carbonyl (C=O) groups is 1. The molecule has 0 radical (unpaired) electrons. The molecule has 0 heterocycles. The van der Waals surface area contributed by atoms with Gasteiger partial charge in [0.1, 0.15) is 5.75 Å². The number of carboxylic acids is 1. The van der Waals surface area contributed by atoms with Gasteiger partial charge in [-0.2, -0.15) is 13.2 Å². The Balaban J connectivity index is 1.59. The Morgan fingerprint density at radius 2 is 1.81 bits per heavy atom. The highest BCUT2D eigenvalue weighted by atomic mass is 19.4. The minimum absolute atomic E-state index is 0.0735. The zero-order valence-corrected chi connectivity index (χ0v) is 20.6. The number of aliphatic carboxylic acids is 1. The third-order valence-electron chi connectivity index (χ3n) is 6.64. The first kappa shape index (κ1) is 26.5. The number of rotatable bonds is 10. The molecule has 1 unspecified atom stereocenters. The van der Waals surface area contributed by atoms with E-state index in [2.05, 4.69) is 5.32 Å². The molecule has 3 aromatic carbocycles. The predicted molar refractivity (Wildman–Crippen MR) is 135 cm³/mol. The zero-order chi connectivity index (χ0) is 26.7. The van der Waals surface area contributed by atoms with E-state index in [-0.39, 0.29) is 17.5 Å². The van der Waals surface area contributed by atoms with E-state index < -0.39 is 29.9 Å². The van der Waals surface area contributed by atoms with Gasteiger partial charge in [-0.15, -0.1) is 0 Å². The number of anilines is 1. The Morgan fingerprint density at radius 1 is 1.08 bits per heavy atom. The number of alkyl halides is 3. The summed E-state index contributed by atoms with van der Waals surface area (Å²) in [6.45, 7) is 4.26. The van der Waals surface area contributed by atoms with Crippen LogP contribution in [0.4, 0.5) is 18.9 Å². The summed E-state index contributed by atoms with van der Waals surface area (Å²) >= 11 is 0. The molecule has 0 spiro atoms. The van der Waals surface area contributed by atoms with Crippen molar-refractivity contribution in [1.29, 1.82) is 0 Å². The van der Waals surface area contributed by atoms with Crippen molar-refractivity contribution in [2.75, 3.05) is 11.9 Å². The molecule has 1 aliphatic carbocycles. The van der Waals surface area contributed by atoms with Crippen LogP contribution in [0.5, 0.6) is 5.75 Å². The van der Waals surface area contributed by atoms with Crippen LogP contribution in [0.25, 0.3) is 0 Å². The minimum Gasteiger partial charge on any atom is -0.493 e. The first-order chi connectivity index (χ1) is 17.6. The molecule has 37 heavy (non-hydrogen) atoms. The van der Waals surface area contributed by atoms with Crippen LogP contribution in [0.15, 0.2) is 66.7 Å². The van der Waals surface area contributed by atoms with Crippen LogP contribution < -0.4 is 10.1 Å². The Hall–Kier alpha value is -3.52. The van der Waals surface area contributed by atoms with Gasteiger partial charge in [0.15, 0.2) is 6.23 Å². The predicted octanol–water partition coefficient (Wildman–Crippen LogP) is 6.74. The smallest absolute Gasteiger partial charge is 0.418 e. The lowest BCUT2D eigenvalue weighted by Crippen LogP contribution is -2.17. The monoisotopic (exact) mass is 513 g/mol. The van der Waals surface area contributed by atoms with Gasteiger partial charge in [-0.1, -0.05) is 62.4 Å². The quantitative estimate of drug-likeness (QED) is 0.262.